The van der Waals surface area contributed by atoms with Crippen molar-refractivity contribution in [3.8, 4) is 5.69 Å². The number of carbonyl (C=O) groups is 2. The second kappa shape index (κ2) is 8.20. The molecular formula is C22H21N5O3. The Labute approximate surface area is 172 Å². The zero-order chi connectivity index (χ0) is 21.1. The van der Waals surface area contributed by atoms with Crippen LogP contribution in [0, 0.1) is 12.8 Å². The van der Waals surface area contributed by atoms with E-state index in [4.69, 9.17) is 0 Å². The molecule has 1 aromatic heterocycles. The van der Waals surface area contributed by atoms with Crippen LogP contribution in [0.2, 0.25) is 0 Å². The molecule has 8 heteroatoms. The third-order valence-electron chi connectivity index (χ3n) is 5.19. The van der Waals surface area contributed by atoms with Crippen molar-refractivity contribution in [3.05, 3.63) is 87.8 Å². The molecule has 4 rings (SSSR count). The molecule has 0 spiro atoms. The molecule has 2 atom stereocenters. The Hall–Kier alpha value is -3.94. The van der Waals surface area contributed by atoms with Crippen LogP contribution in [0.1, 0.15) is 22.7 Å². The Morgan fingerprint density at radius 1 is 1.10 bits per heavy atom. The molecule has 152 valence electrons. The van der Waals surface area contributed by atoms with E-state index in [0.29, 0.717) is 23.5 Å². The fraction of sp³-hybridized carbons (Fsp3) is 0.182. The molecule has 1 aliphatic heterocycles. The first kappa shape index (κ1) is 19.4. The van der Waals surface area contributed by atoms with Crippen LogP contribution in [0.5, 0.6) is 0 Å². The van der Waals surface area contributed by atoms with Crippen molar-refractivity contribution in [1.29, 1.82) is 0 Å². The molecule has 0 unspecified atom stereocenters. The molecular weight excluding hydrogens is 382 g/mol. The predicted molar refractivity (Wildman–Crippen MR) is 113 cm³/mol. The van der Waals surface area contributed by atoms with E-state index < -0.39 is 11.8 Å². The minimum Gasteiger partial charge on any atom is -0.355 e. The number of rotatable bonds is 5. The Morgan fingerprint density at radius 2 is 1.77 bits per heavy atom. The Balaban J connectivity index is 1.51. The molecule has 0 bridgehead atoms. The van der Waals surface area contributed by atoms with Gasteiger partial charge in [-0.2, -0.15) is 5.10 Å². The number of aryl methyl sites for hydroxylation is 1. The van der Waals surface area contributed by atoms with Crippen LogP contribution in [0.3, 0.4) is 0 Å². The van der Waals surface area contributed by atoms with Crippen LogP contribution >= 0.6 is 0 Å². The van der Waals surface area contributed by atoms with E-state index >= 15 is 0 Å². The van der Waals surface area contributed by atoms with Crippen LogP contribution in [0.15, 0.2) is 70.6 Å². The van der Waals surface area contributed by atoms with Gasteiger partial charge in [0.1, 0.15) is 5.92 Å². The Kier molecular flexibility index (Phi) is 5.30. The fourth-order valence-electron chi connectivity index (χ4n) is 3.63. The summed E-state index contributed by atoms with van der Waals surface area (Å²) in [6, 6.07) is 18.6. The molecule has 1 aliphatic rings. The van der Waals surface area contributed by atoms with Gasteiger partial charge in [-0.15, -0.1) is 0 Å². The summed E-state index contributed by atoms with van der Waals surface area (Å²) in [4.78, 5) is 37.5. The number of H-pyrrole nitrogens is 1. The van der Waals surface area contributed by atoms with Crippen LogP contribution in [0.4, 0.5) is 0 Å². The van der Waals surface area contributed by atoms with Gasteiger partial charge in [0.15, 0.2) is 0 Å². The molecule has 0 radical (unpaired) electrons. The summed E-state index contributed by atoms with van der Waals surface area (Å²) in [5.41, 5.74) is 4.68. The number of aromatic amines is 1. The second-order valence-electron chi connectivity index (χ2n) is 7.10. The molecule has 2 amide bonds. The van der Waals surface area contributed by atoms with Crippen molar-refractivity contribution >= 4 is 18.0 Å². The highest BCUT2D eigenvalue weighted by molar-refractivity contribution is 6.03. The number of amides is 2. The summed E-state index contributed by atoms with van der Waals surface area (Å²) >= 11 is 0. The van der Waals surface area contributed by atoms with Crippen LogP contribution < -0.4 is 16.3 Å². The maximum Gasteiger partial charge on any atom is 0.280 e. The topological polar surface area (TPSA) is 108 Å². The minimum atomic E-state index is -0.877. The van der Waals surface area contributed by atoms with E-state index in [2.05, 4.69) is 20.9 Å². The van der Waals surface area contributed by atoms with E-state index in [1.54, 1.807) is 6.92 Å². The van der Waals surface area contributed by atoms with E-state index in [1.807, 2.05) is 60.7 Å². The quantitative estimate of drug-likeness (QED) is 0.341. The minimum absolute atomic E-state index is 0.266. The van der Waals surface area contributed by atoms with Gasteiger partial charge < -0.3 is 5.32 Å². The van der Waals surface area contributed by atoms with Crippen LogP contribution in [0.25, 0.3) is 5.69 Å². The van der Waals surface area contributed by atoms with Crippen molar-refractivity contribution in [2.24, 2.45) is 11.0 Å². The van der Waals surface area contributed by atoms with Gasteiger partial charge >= 0.3 is 0 Å². The summed E-state index contributed by atoms with van der Waals surface area (Å²) in [6.45, 7) is 2.14. The molecule has 8 nitrogen and oxygen atoms in total. The molecule has 1 fully saturated rings. The highest BCUT2D eigenvalue weighted by Gasteiger charge is 2.40. The Bertz CT molecular complexity index is 1150. The maximum atomic E-state index is 12.7. The number of hydrogen-bond donors (Lipinski definition) is 3. The van der Waals surface area contributed by atoms with Gasteiger partial charge in [0.25, 0.3) is 11.5 Å². The summed E-state index contributed by atoms with van der Waals surface area (Å²) in [7, 11) is 0. The number of para-hydroxylation sites is 1. The lowest BCUT2D eigenvalue weighted by molar-refractivity contribution is -0.133. The zero-order valence-electron chi connectivity index (χ0n) is 16.3. The normalized spacial score (nSPS) is 18.5. The summed E-state index contributed by atoms with van der Waals surface area (Å²) in [5.74, 6) is -1.98. The fourth-order valence-corrected chi connectivity index (χ4v) is 3.63. The SMILES string of the molecule is Cc1[nH]n(-c2ccccc2)c(=O)c1/C=N\NC(=O)[C@H]1C(=O)NC[C@H]1c1ccccc1. The van der Waals surface area contributed by atoms with Gasteiger partial charge in [0.2, 0.25) is 5.91 Å². The molecule has 1 saturated heterocycles. The van der Waals surface area contributed by atoms with Crippen molar-refractivity contribution in [2.45, 2.75) is 12.8 Å². The highest BCUT2D eigenvalue weighted by Crippen LogP contribution is 2.28. The number of carbonyl (C=O) groups excluding carboxylic acids is 2. The predicted octanol–water partition coefficient (Wildman–Crippen LogP) is 1.45. The molecule has 3 N–H and O–H groups in total. The molecule has 3 aromatic rings. The number of hydrogen-bond acceptors (Lipinski definition) is 4. The van der Waals surface area contributed by atoms with Gasteiger partial charge in [-0.25, -0.2) is 10.1 Å². The van der Waals surface area contributed by atoms with Crippen molar-refractivity contribution in [2.75, 3.05) is 6.54 Å². The third-order valence-corrected chi connectivity index (χ3v) is 5.19. The largest absolute Gasteiger partial charge is 0.355 e. The maximum absolute atomic E-state index is 12.7. The monoisotopic (exact) mass is 403 g/mol. The van der Waals surface area contributed by atoms with E-state index in [-0.39, 0.29) is 17.4 Å². The number of benzene rings is 2. The number of nitrogens with zero attached hydrogens (tertiary/aromatic N) is 2. The summed E-state index contributed by atoms with van der Waals surface area (Å²) < 4.78 is 1.41. The van der Waals surface area contributed by atoms with Gasteiger partial charge in [-0.1, -0.05) is 48.5 Å². The van der Waals surface area contributed by atoms with E-state index in [9.17, 15) is 14.4 Å². The van der Waals surface area contributed by atoms with E-state index in [0.717, 1.165) is 5.56 Å². The van der Waals surface area contributed by atoms with Crippen LogP contribution in [-0.2, 0) is 9.59 Å². The lowest BCUT2D eigenvalue weighted by atomic mass is 9.88. The standard InChI is InChI=1S/C22H21N5O3/c1-14-17(22(30)27(26-14)16-10-6-3-7-11-16)13-24-25-21(29)19-18(12-23-20(19)28)15-8-4-2-5-9-15/h2-11,13,18-19,26H,12H2,1H3,(H,23,28)(H,25,29)/b24-13-/t18-,19+/m0/s1. The number of nitrogens with one attached hydrogen (secondary N) is 3. The molecule has 30 heavy (non-hydrogen) atoms. The van der Waals surface area contributed by atoms with Crippen molar-refractivity contribution < 1.29 is 9.59 Å². The van der Waals surface area contributed by atoms with Gasteiger partial charge in [0.05, 0.1) is 17.5 Å². The van der Waals surface area contributed by atoms with Crippen molar-refractivity contribution in [3.63, 3.8) is 0 Å². The lowest BCUT2D eigenvalue weighted by Gasteiger charge is -2.15. The average Bonchev–Trinajstić information content (AvgIpc) is 3.29. The molecule has 2 heterocycles. The summed E-state index contributed by atoms with van der Waals surface area (Å²) in [6.07, 6.45) is 1.30. The number of aromatic nitrogens is 2. The lowest BCUT2D eigenvalue weighted by Crippen LogP contribution is -2.34. The number of hydrazone groups is 1. The molecule has 2 aromatic carbocycles. The van der Waals surface area contributed by atoms with Gasteiger partial charge in [-0.3, -0.25) is 19.5 Å². The average molecular weight is 403 g/mol. The second-order valence-corrected chi connectivity index (χ2v) is 7.10. The first-order chi connectivity index (χ1) is 14.6. The van der Waals surface area contributed by atoms with E-state index in [1.165, 1.54) is 10.9 Å². The van der Waals surface area contributed by atoms with Crippen molar-refractivity contribution in [1.82, 2.24) is 20.5 Å². The molecule has 0 saturated carbocycles. The molecule has 0 aliphatic carbocycles. The first-order valence-electron chi connectivity index (χ1n) is 9.59. The highest BCUT2D eigenvalue weighted by atomic mass is 16.2. The third kappa shape index (κ3) is 3.67. The zero-order valence-corrected chi connectivity index (χ0v) is 16.3. The first-order valence-corrected chi connectivity index (χ1v) is 9.59. The summed E-state index contributed by atoms with van der Waals surface area (Å²) in [5, 5.41) is 9.67. The Morgan fingerprint density at radius 3 is 2.47 bits per heavy atom. The van der Waals surface area contributed by atoms with Gasteiger partial charge in [-0.05, 0) is 24.6 Å². The van der Waals surface area contributed by atoms with Crippen LogP contribution in [-0.4, -0.2) is 34.4 Å². The smallest absolute Gasteiger partial charge is 0.280 e. The van der Waals surface area contributed by atoms with Gasteiger partial charge in [0, 0.05) is 18.2 Å².